The molecule has 0 spiro atoms. The van der Waals surface area contributed by atoms with Gasteiger partial charge in [-0.05, 0) is 74.0 Å². The van der Waals surface area contributed by atoms with Gasteiger partial charge in [-0.2, -0.15) is 5.01 Å². The molecule has 220 valence electrons. The monoisotopic (exact) mass is 558 g/mol. The van der Waals surface area contributed by atoms with E-state index in [2.05, 4.69) is 41.5 Å². The van der Waals surface area contributed by atoms with Crippen LogP contribution in [0.5, 0.6) is 0 Å². The quantitative estimate of drug-likeness (QED) is 0.302. The van der Waals surface area contributed by atoms with E-state index >= 15 is 0 Å². The van der Waals surface area contributed by atoms with Crippen LogP contribution in [-0.2, 0) is 23.1 Å². The van der Waals surface area contributed by atoms with Crippen molar-refractivity contribution in [1.29, 1.82) is 0 Å². The Labute approximate surface area is 229 Å². The minimum atomic E-state index is -3.75. The van der Waals surface area contributed by atoms with Crippen LogP contribution in [0, 0.1) is 35.5 Å². The van der Waals surface area contributed by atoms with Gasteiger partial charge in [-0.3, -0.25) is 4.57 Å². The fraction of sp³-hybridized carbons (Fsp3) is 0.929. The van der Waals surface area contributed by atoms with E-state index in [-0.39, 0.29) is 30.6 Å². The van der Waals surface area contributed by atoms with Gasteiger partial charge < -0.3 is 18.5 Å². The van der Waals surface area contributed by atoms with E-state index in [1.54, 1.807) is 0 Å². The standard InChI is InChI=1S/C28H51N2O7P/c1-18(2)22-13-11-20(5)16-24(22)36-27(31)29-15-9-10-26(38(33,34-7)35-8)30(29)28(32)37-25-17-21(6)12-14-23(25)19(3)4/h18-26H,9-17H2,1-8H3/t20-,21-,22+,23+,24-,25-,26-/m1/s1. The summed E-state index contributed by atoms with van der Waals surface area (Å²) in [5, 5.41) is 2.47. The molecule has 0 unspecified atom stereocenters. The third-order valence-electron chi connectivity index (χ3n) is 9.07. The van der Waals surface area contributed by atoms with Crippen molar-refractivity contribution >= 4 is 19.8 Å². The maximum absolute atomic E-state index is 13.9. The minimum absolute atomic E-state index is 0.228. The molecule has 1 saturated heterocycles. The second kappa shape index (κ2) is 13.4. The van der Waals surface area contributed by atoms with Crippen molar-refractivity contribution in [2.24, 2.45) is 35.5 Å². The maximum Gasteiger partial charge on any atom is 0.430 e. The number of hydrogen-bond acceptors (Lipinski definition) is 7. The van der Waals surface area contributed by atoms with Gasteiger partial charge in [0.2, 0.25) is 0 Å². The third-order valence-corrected chi connectivity index (χ3v) is 11.3. The van der Waals surface area contributed by atoms with E-state index in [9.17, 15) is 14.2 Å². The average Bonchev–Trinajstić information content (AvgIpc) is 2.87. The second-order valence-electron chi connectivity index (χ2n) is 12.5. The van der Waals surface area contributed by atoms with Gasteiger partial charge in [0.25, 0.3) is 0 Å². The van der Waals surface area contributed by atoms with Gasteiger partial charge >= 0.3 is 19.8 Å². The van der Waals surface area contributed by atoms with E-state index in [4.69, 9.17) is 18.5 Å². The zero-order valence-electron chi connectivity index (χ0n) is 24.8. The topological polar surface area (TPSA) is 94.6 Å². The van der Waals surface area contributed by atoms with E-state index < -0.39 is 25.6 Å². The number of rotatable bonds is 7. The van der Waals surface area contributed by atoms with Gasteiger partial charge in [-0.25, -0.2) is 14.6 Å². The summed E-state index contributed by atoms with van der Waals surface area (Å²) in [5.74, 6) is 1.13. The van der Waals surface area contributed by atoms with Crippen molar-refractivity contribution in [3.63, 3.8) is 0 Å². The van der Waals surface area contributed by atoms with E-state index in [0.717, 1.165) is 38.5 Å². The van der Waals surface area contributed by atoms with Crippen LogP contribution < -0.4 is 0 Å². The van der Waals surface area contributed by atoms with E-state index in [1.165, 1.54) is 24.2 Å². The Morgan fingerprint density at radius 3 is 1.68 bits per heavy atom. The summed E-state index contributed by atoms with van der Waals surface area (Å²) >= 11 is 0. The Morgan fingerprint density at radius 1 is 0.763 bits per heavy atom. The van der Waals surface area contributed by atoms with Gasteiger partial charge in [-0.15, -0.1) is 0 Å². The van der Waals surface area contributed by atoms with Crippen molar-refractivity contribution in [1.82, 2.24) is 10.0 Å². The number of amides is 2. The smallest absolute Gasteiger partial charge is 0.430 e. The van der Waals surface area contributed by atoms with Crippen LogP contribution in [-0.4, -0.2) is 61.0 Å². The highest BCUT2D eigenvalue weighted by molar-refractivity contribution is 7.54. The van der Waals surface area contributed by atoms with Gasteiger partial charge in [0, 0.05) is 20.8 Å². The highest BCUT2D eigenvalue weighted by Gasteiger charge is 2.50. The summed E-state index contributed by atoms with van der Waals surface area (Å²) in [6.07, 6.45) is 4.85. The van der Waals surface area contributed by atoms with Crippen molar-refractivity contribution in [3.05, 3.63) is 0 Å². The lowest BCUT2D eigenvalue weighted by atomic mass is 9.75. The molecule has 0 aromatic carbocycles. The molecule has 2 aliphatic carbocycles. The Bertz CT molecular complexity index is 845. The Morgan fingerprint density at radius 2 is 1.24 bits per heavy atom. The maximum atomic E-state index is 13.9. The molecule has 10 heteroatoms. The van der Waals surface area contributed by atoms with Gasteiger partial charge in [-0.1, -0.05) is 54.4 Å². The SMILES string of the molecule is COP(=O)(OC)[C@@H]1CCCN(C(=O)O[C@@H]2C[C@H](C)CC[C@H]2C(C)C)N1C(=O)O[C@@H]1C[C@H](C)CC[C@H]1C(C)C. The van der Waals surface area contributed by atoms with E-state index in [1.807, 2.05) is 0 Å². The number of carbonyl (C=O) groups excluding carboxylic acids is 2. The molecule has 0 aromatic rings. The lowest BCUT2D eigenvalue weighted by Gasteiger charge is -2.46. The zero-order chi connectivity index (χ0) is 28.2. The molecule has 0 radical (unpaired) electrons. The summed E-state index contributed by atoms with van der Waals surface area (Å²) in [5.41, 5.74) is 0. The molecule has 1 heterocycles. The summed E-state index contributed by atoms with van der Waals surface area (Å²) in [6, 6.07) is 0. The molecule has 0 aromatic heterocycles. The fourth-order valence-electron chi connectivity index (χ4n) is 6.70. The van der Waals surface area contributed by atoms with Crippen LogP contribution in [0.25, 0.3) is 0 Å². The first-order valence-corrected chi connectivity index (χ1v) is 16.2. The summed E-state index contributed by atoms with van der Waals surface area (Å²) in [6.45, 7) is 13.2. The molecule has 38 heavy (non-hydrogen) atoms. The molecule has 3 rings (SSSR count). The van der Waals surface area contributed by atoms with Crippen LogP contribution in [0.3, 0.4) is 0 Å². The first kappa shape index (κ1) is 31.2. The molecule has 7 atom stereocenters. The highest BCUT2D eigenvalue weighted by Crippen LogP contribution is 2.56. The third kappa shape index (κ3) is 7.06. The number of hydrazine groups is 1. The average molecular weight is 559 g/mol. The number of hydrogen-bond donors (Lipinski definition) is 0. The van der Waals surface area contributed by atoms with Crippen LogP contribution in [0.2, 0.25) is 0 Å². The zero-order valence-corrected chi connectivity index (χ0v) is 25.7. The number of ether oxygens (including phenoxy) is 2. The summed E-state index contributed by atoms with van der Waals surface area (Å²) in [4.78, 5) is 27.6. The minimum Gasteiger partial charge on any atom is -0.445 e. The van der Waals surface area contributed by atoms with Crippen molar-refractivity contribution < 1.29 is 32.7 Å². The molecule has 0 N–H and O–H groups in total. The molecule has 2 saturated carbocycles. The number of nitrogens with zero attached hydrogens (tertiary/aromatic N) is 2. The number of carbonyl (C=O) groups is 2. The molecular weight excluding hydrogens is 507 g/mol. The van der Waals surface area contributed by atoms with Crippen molar-refractivity contribution in [3.8, 4) is 0 Å². The van der Waals surface area contributed by atoms with Crippen molar-refractivity contribution in [2.45, 2.75) is 111 Å². The normalized spacial score (nSPS) is 32.9. The first-order valence-electron chi connectivity index (χ1n) is 14.6. The van der Waals surface area contributed by atoms with E-state index in [0.29, 0.717) is 36.5 Å². The lowest BCUT2D eigenvalue weighted by molar-refractivity contribution is -0.0919. The Balaban J connectivity index is 1.89. The van der Waals surface area contributed by atoms with Crippen molar-refractivity contribution in [2.75, 3.05) is 20.8 Å². The Hall–Kier alpha value is -1.31. The molecule has 2 amide bonds. The molecular formula is C28H51N2O7P. The summed E-state index contributed by atoms with van der Waals surface area (Å²) < 4.78 is 36.5. The Kier molecular flexibility index (Phi) is 11.0. The predicted octanol–water partition coefficient (Wildman–Crippen LogP) is 7.31. The second-order valence-corrected chi connectivity index (χ2v) is 14.9. The highest BCUT2D eigenvalue weighted by atomic mass is 31.2. The van der Waals surface area contributed by atoms with Crippen LogP contribution >= 0.6 is 7.60 Å². The van der Waals surface area contributed by atoms with Gasteiger partial charge in [0.15, 0.2) is 5.78 Å². The van der Waals surface area contributed by atoms with Crippen LogP contribution in [0.4, 0.5) is 9.59 Å². The molecule has 1 aliphatic heterocycles. The summed E-state index contributed by atoms with van der Waals surface area (Å²) in [7, 11) is -1.14. The molecule has 3 fully saturated rings. The first-order chi connectivity index (χ1) is 17.9. The fourth-order valence-corrected chi connectivity index (χ4v) is 8.32. The lowest BCUT2D eigenvalue weighted by Crippen LogP contribution is -2.59. The molecule has 0 bridgehead atoms. The van der Waals surface area contributed by atoms with Crippen LogP contribution in [0.15, 0.2) is 0 Å². The predicted molar refractivity (Wildman–Crippen MR) is 146 cm³/mol. The largest absolute Gasteiger partial charge is 0.445 e. The van der Waals surface area contributed by atoms with Gasteiger partial charge in [0.1, 0.15) is 12.2 Å². The molecule has 9 nitrogen and oxygen atoms in total. The molecule has 3 aliphatic rings. The van der Waals surface area contributed by atoms with Gasteiger partial charge in [0.05, 0.1) is 0 Å². The van der Waals surface area contributed by atoms with Crippen LogP contribution in [0.1, 0.15) is 92.9 Å².